The molecule has 2 atom stereocenters. The van der Waals surface area contributed by atoms with Crippen LogP contribution in [0.25, 0.3) is 10.9 Å². The van der Waals surface area contributed by atoms with Crippen LogP contribution in [0.5, 0.6) is 0 Å². The van der Waals surface area contributed by atoms with E-state index < -0.39 is 0 Å². The normalized spacial score (nSPS) is 18.0. The van der Waals surface area contributed by atoms with E-state index in [1.54, 1.807) is 10.6 Å². The summed E-state index contributed by atoms with van der Waals surface area (Å²) in [5.74, 6) is 0.0612. The van der Waals surface area contributed by atoms with Crippen molar-refractivity contribution >= 4 is 28.6 Å². The van der Waals surface area contributed by atoms with Crippen molar-refractivity contribution in [3.63, 3.8) is 0 Å². The highest BCUT2D eigenvalue weighted by Crippen LogP contribution is 2.26. The third kappa shape index (κ3) is 4.83. The van der Waals surface area contributed by atoms with Gasteiger partial charge in [0.25, 0.3) is 5.56 Å². The fourth-order valence-electron chi connectivity index (χ4n) is 3.91. The lowest BCUT2D eigenvalue weighted by atomic mass is 10.2. The van der Waals surface area contributed by atoms with E-state index in [1.807, 2.05) is 57.7 Å². The van der Waals surface area contributed by atoms with Gasteiger partial charge in [0.05, 0.1) is 28.8 Å². The van der Waals surface area contributed by atoms with Crippen LogP contribution in [0.3, 0.4) is 0 Å². The molecule has 1 aromatic carbocycles. The fourth-order valence-corrected chi connectivity index (χ4v) is 4.89. The Morgan fingerprint density at radius 2 is 1.93 bits per heavy atom. The van der Waals surface area contributed by atoms with Gasteiger partial charge in [-0.05, 0) is 59.6 Å². The second-order valence-electron chi connectivity index (χ2n) is 8.16. The summed E-state index contributed by atoms with van der Waals surface area (Å²) >= 11 is 1.36. The van der Waals surface area contributed by atoms with E-state index in [0.717, 1.165) is 19.4 Å². The van der Waals surface area contributed by atoms with Crippen LogP contribution in [-0.4, -0.2) is 50.4 Å². The van der Waals surface area contributed by atoms with Gasteiger partial charge in [-0.25, -0.2) is 4.98 Å². The summed E-state index contributed by atoms with van der Waals surface area (Å²) < 4.78 is 7.46. The van der Waals surface area contributed by atoms with Gasteiger partial charge in [-0.3, -0.25) is 14.2 Å². The number of carbonyl (C=O) groups excluding carboxylic acids is 1. The SMILES string of the molecule is CC(C)N(C(=O)[C@H](C)Sc1nc2ccccc2c(=O)n1C[C@@H]1CCCO1)C(C)C. The maximum atomic E-state index is 13.2. The number of carbonyl (C=O) groups is 1. The molecule has 1 amide bonds. The first-order valence-electron chi connectivity index (χ1n) is 10.4. The van der Waals surface area contributed by atoms with E-state index >= 15 is 0 Å². The predicted molar refractivity (Wildman–Crippen MR) is 117 cm³/mol. The molecular formula is C22H31N3O3S. The smallest absolute Gasteiger partial charge is 0.262 e. The lowest BCUT2D eigenvalue weighted by Gasteiger charge is -2.33. The van der Waals surface area contributed by atoms with Gasteiger partial charge in [0, 0.05) is 18.7 Å². The number of hydrogen-bond donors (Lipinski definition) is 0. The Kier molecular flexibility index (Phi) is 7.01. The van der Waals surface area contributed by atoms with Gasteiger partial charge in [0.15, 0.2) is 5.16 Å². The highest BCUT2D eigenvalue weighted by molar-refractivity contribution is 8.00. The molecule has 7 heteroatoms. The third-order valence-corrected chi connectivity index (χ3v) is 6.31. The number of rotatable bonds is 7. The van der Waals surface area contributed by atoms with Crippen molar-refractivity contribution in [3.05, 3.63) is 34.6 Å². The van der Waals surface area contributed by atoms with E-state index in [-0.39, 0.29) is 34.9 Å². The second kappa shape index (κ2) is 9.30. The number of aromatic nitrogens is 2. The monoisotopic (exact) mass is 417 g/mol. The molecule has 2 heterocycles. The number of amides is 1. The average Bonchev–Trinajstić information content (AvgIpc) is 3.17. The largest absolute Gasteiger partial charge is 0.376 e. The number of ether oxygens (including phenoxy) is 1. The van der Waals surface area contributed by atoms with Crippen LogP contribution >= 0.6 is 11.8 Å². The number of benzene rings is 1. The molecule has 1 saturated heterocycles. The number of fused-ring (bicyclic) bond motifs is 1. The molecular weight excluding hydrogens is 386 g/mol. The van der Waals surface area contributed by atoms with Crippen molar-refractivity contribution in [2.75, 3.05) is 6.61 Å². The van der Waals surface area contributed by atoms with E-state index in [1.165, 1.54) is 11.8 Å². The maximum absolute atomic E-state index is 13.2. The summed E-state index contributed by atoms with van der Waals surface area (Å²) in [4.78, 5) is 32.9. The Morgan fingerprint density at radius 1 is 1.24 bits per heavy atom. The minimum Gasteiger partial charge on any atom is -0.376 e. The zero-order valence-electron chi connectivity index (χ0n) is 17.9. The Bertz CT molecular complexity index is 911. The molecule has 29 heavy (non-hydrogen) atoms. The molecule has 0 radical (unpaired) electrons. The Balaban J connectivity index is 1.96. The highest BCUT2D eigenvalue weighted by Gasteiger charge is 2.28. The van der Waals surface area contributed by atoms with Gasteiger partial charge >= 0.3 is 0 Å². The molecule has 1 aliphatic heterocycles. The first-order valence-corrected chi connectivity index (χ1v) is 11.3. The topological polar surface area (TPSA) is 64.4 Å². The van der Waals surface area contributed by atoms with E-state index in [0.29, 0.717) is 22.6 Å². The van der Waals surface area contributed by atoms with Crippen LogP contribution in [-0.2, 0) is 16.1 Å². The lowest BCUT2D eigenvalue weighted by Crippen LogP contribution is -2.45. The molecule has 1 fully saturated rings. The summed E-state index contributed by atoms with van der Waals surface area (Å²) in [7, 11) is 0. The van der Waals surface area contributed by atoms with E-state index in [9.17, 15) is 9.59 Å². The Labute approximate surface area is 176 Å². The summed E-state index contributed by atoms with van der Waals surface area (Å²) in [5, 5.41) is 0.834. The molecule has 1 aliphatic rings. The first-order chi connectivity index (χ1) is 13.8. The lowest BCUT2D eigenvalue weighted by molar-refractivity contribution is -0.133. The van der Waals surface area contributed by atoms with Crippen LogP contribution in [0.2, 0.25) is 0 Å². The van der Waals surface area contributed by atoms with Gasteiger partial charge in [0.2, 0.25) is 5.91 Å². The van der Waals surface area contributed by atoms with Crippen molar-refractivity contribution in [2.45, 2.75) is 82.6 Å². The zero-order valence-corrected chi connectivity index (χ0v) is 18.7. The Hall–Kier alpha value is -1.86. The predicted octanol–water partition coefficient (Wildman–Crippen LogP) is 3.70. The molecule has 0 saturated carbocycles. The molecule has 2 aromatic rings. The van der Waals surface area contributed by atoms with Crippen LogP contribution in [0.15, 0.2) is 34.2 Å². The summed E-state index contributed by atoms with van der Waals surface area (Å²) in [6.45, 7) is 11.2. The Morgan fingerprint density at radius 3 is 2.55 bits per heavy atom. The molecule has 0 spiro atoms. The highest BCUT2D eigenvalue weighted by atomic mass is 32.2. The summed E-state index contributed by atoms with van der Waals surface area (Å²) in [6, 6.07) is 7.61. The van der Waals surface area contributed by atoms with Crippen LogP contribution < -0.4 is 5.56 Å². The zero-order chi connectivity index (χ0) is 21.1. The quantitative estimate of drug-likeness (QED) is 0.508. The minimum atomic E-state index is -0.344. The van der Waals surface area contributed by atoms with Gasteiger partial charge < -0.3 is 9.64 Å². The molecule has 6 nitrogen and oxygen atoms in total. The maximum Gasteiger partial charge on any atom is 0.262 e. The van der Waals surface area contributed by atoms with Crippen LogP contribution in [0.1, 0.15) is 47.5 Å². The molecule has 0 unspecified atom stereocenters. The van der Waals surface area contributed by atoms with E-state index in [2.05, 4.69) is 0 Å². The van der Waals surface area contributed by atoms with Crippen molar-refractivity contribution in [1.29, 1.82) is 0 Å². The fraction of sp³-hybridized carbons (Fsp3) is 0.591. The number of para-hydroxylation sites is 1. The van der Waals surface area contributed by atoms with Crippen molar-refractivity contribution in [3.8, 4) is 0 Å². The summed E-state index contributed by atoms with van der Waals surface area (Å²) in [5.41, 5.74) is 0.589. The number of nitrogens with zero attached hydrogens (tertiary/aromatic N) is 3. The standard InChI is InChI=1S/C22H31N3O3S/c1-14(2)25(15(3)4)20(26)16(5)29-22-23-19-11-7-6-10-18(19)21(27)24(22)13-17-9-8-12-28-17/h6-7,10-11,14-17H,8-9,12-13H2,1-5H3/t16-,17-/m0/s1. The van der Waals surface area contributed by atoms with Crippen molar-refractivity contribution in [2.24, 2.45) is 0 Å². The average molecular weight is 418 g/mol. The van der Waals surface area contributed by atoms with Crippen LogP contribution in [0, 0.1) is 0 Å². The number of thioether (sulfide) groups is 1. The summed E-state index contributed by atoms with van der Waals surface area (Å²) in [6.07, 6.45) is 1.96. The van der Waals surface area contributed by atoms with Gasteiger partial charge in [-0.1, -0.05) is 23.9 Å². The van der Waals surface area contributed by atoms with Gasteiger partial charge in [0.1, 0.15) is 0 Å². The van der Waals surface area contributed by atoms with Crippen molar-refractivity contribution in [1.82, 2.24) is 14.5 Å². The molecule has 0 bridgehead atoms. The first kappa shape index (κ1) is 21.8. The molecule has 158 valence electrons. The van der Waals surface area contributed by atoms with Gasteiger partial charge in [-0.2, -0.15) is 0 Å². The molecule has 1 aromatic heterocycles. The third-order valence-electron chi connectivity index (χ3n) is 5.23. The molecule has 3 rings (SSSR count). The molecule has 0 aliphatic carbocycles. The second-order valence-corrected chi connectivity index (χ2v) is 9.46. The number of hydrogen-bond acceptors (Lipinski definition) is 5. The van der Waals surface area contributed by atoms with E-state index in [4.69, 9.17) is 9.72 Å². The van der Waals surface area contributed by atoms with Crippen LogP contribution in [0.4, 0.5) is 0 Å². The molecule has 0 N–H and O–H groups in total. The van der Waals surface area contributed by atoms with Crippen molar-refractivity contribution < 1.29 is 9.53 Å². The van der Waals surface area contributed by atoms with Gasteiger partial charge in [-0.15, -0.1) is 0 Å². The minimum absolute atomic E-state index is 0.0175.